The van der Waals surface area contributed by atoms with Crippen LogP contribution in [0, 0.1) is 5.82 Å². The van der Waals surface area contributed by atoms with Gasteiger partial charge in [0.15, 0.2) is 0 Å². The van der Waals surface area contributed by atoms with E-state index >= 15 is 0 Å². The van der Waals surface area contributed by atoms with Crippen LogP contribution in [0.25, 0.3) is 0 Å². The van der Waals surface area contributed by atoms with Gasteiger partial charge in [-0.3, -0.25) is 0 Å². The molecular formula is C9H10ClFO2S2. The van der Waals surface area contributed by atoms with Crippen LogP contribution in [-0.4, -0.2) is 20.4 Å². The predicted octanol–water partition coefficient (Wildman–Crippen LogP) is 2.66. The predicted molar refractivity (Wildman–Crippen MR) is 61.5 cm³/mol. The monoisotopic (exact) mass is 268 g/mol. The van der Waals surface area contributed by atoms with Gasteiger partial charge in [0.2, 0.25) is 9.05 Å². The van der Waals surface area contributed by atoms with Crippen molar-refractivity contribution in [3.8, 4) is 0 Å². The van der Waals surface area contributed by atoms with Crippen LogP contribution in [0.5, 0.6) is 0 Å². The zero-order chi connectivity index (χ0) is 11.5. The lowest BCUT2D eigenvalue weighted by molar-refractivity contribution is 0.607. The van der Waals surface area contributed by atoms with Gasteiger partial charge in [-0.1, -0.05) is 0 Å². The third kappa shape index (κ3) is 4.40. The summed E-state index contributed by atoms with van der Waals surface area (Å²) < 4.78 is 34.4. The van der Waals surface area contributed by atoms with Gasteiger partial charge in [0.25, 0.3) is 0 Å². The van der Waals surface area contributed by atoms with E-state index in [0.717, 1.165) is 4.90 Å². The van der Waals surface area contributed by atoms with E-state index in [1.54, 1.807) is 6.07 Å². The number of aryl methyl sites for hydroxylation is 1. The van der Waals surface area contributed by atoms with Crippen LogP contribution in [-0.2, 0) is 15.5 Å². The van der Waals surface area contributed by atoms with E-state index in [9.17, 15) is 12.8 Å². The molecule has 84 valence electrons. The summed E-state index contributed by atoms with van der Waals surface area (Å²) in [6.45, 7) is 0. The molecule has 0 saturated heterocycles. The number of hydrogen-bond acceptors (Lipinski definition) is 3. The van der Waals surface area contributed by atoms with Crippen LogP contribution in [0.4, 0.5) is 4.39 Å². The minimum Gasteiger partial charge on any atom is -0.212 e. The number of benzene rings is 1. The first-order valence-electron chi connectivity index (χ1n) is 4.17. The van der Waals surface area contributed by atoms with Gasteiger partial charge in [-0.25, -0.2) is 12.8 Å². The van der Waals surface area contributed by atoms with E-state index in [2.05, 4.69) is 0 Å². The molecule has 0 aliphatic rings. The second kappa shape index (κ2) is 5.18. The molecule has 1 aromatic carbocycles. The molecule has 0 aromatic heterocycles. The first kappa shape index (κ1) is 12.8. The lowest BCUT2D eigenvalue weighted by atomic mass is 10.2. The van der Waals surface area contributed by atoms with Gasteiger partial charge in [-0.15, -0.1) is 11.8 Å². The zero-order valence-corrected chi connectivity index (χ0v) is 10.4. The maximum atomic E-state index is 12.9. The van der Waals surface area contributed by atoms with Crippen molar-refractivity contribution in [3.63, 3.8) is 0 Å². The van der Waals surface area contributed by atoms with Crippen LogP contribution < -0.4 is 0 Å². The number of hydrogen-bond donors (Lipinski definition) is 0. The second-order valence-corrected chi connectivity index (χ2v) is 6.69. The molecule has 15 heavy (non-hydrogen) atoms. The van der Waals surface area contributed by atoms with Crippen LogP contribution >= 0.6 is 22.4 Å². The SMILES string of the molecule is CSc1ccc(F)cc1CCS(=O)(=O)Cl. The van der Waals surface area contributed by atoms with E-state index in [-0.39, 0.29) is 18.0 Å². The normalized spacial score (nSPS) is 11.7. The van der Waals surface area contributed by atoms with Crippen LogP contribution in [0.3, 0.4) is 0 Å². The maximum absolute atomic E-state index is 12.9. The first-order chi connectivity index (χ1) is 6.92. The Hall–Kier alpha value is -0.260. The van der Waals surface area contributed by atoms with Crippen molar-refractivity contribution in [1.82, 2.24) is 0 Å². The molecule has 0 heterocycles. The minimum atomic E-state index is -3.52. The van der Waals surface area contributed by atoms with Crippen molar-refractivity contribution in [2.75, 3.05) is 12.0 Å². The molecule has 2 nitrogen and oxygen atoms in total. The standard InChI is InChI=1S/C9H10ClFO2S2/c1-14-9-3-2-8(11)6-7(9)4-5-15(10,12)13/h2-3,6H,4-5H2,1H3. The highest BCUT2D eigenvalue weighted by Gasteiger charge is 2.09. The molecule has 0 saturated carbocycles. The summed E-state index contributed by atoms with van der Waals surface area (Å²) in [4.78, 5) is 0.872. The van der Waals surface area contributed by atoms with Crippen molar-refractivity contribution in [2.45, 2.75) is 11.3 Å². The molecule has 0 unspecified atom stereocenters. The fourth-order valence-electron chi connectivity index (χ4n) is 1.17. The fraction of sp³-hybridized carbons (Fsp3) is 0.333. The lowest BCUT2D eigenvalue weighted by Gasteiger charge is -2.05. The zero-order valence-electron chi connectivity index (χ0n) is 8.04. The Balaban J connectivity index is 2.88. The van der Waals surface area contributed by atoms with Crippen LogP contribution in [0.15, 0.2) is 23.1 Å². The molecule has 0 fully saturated rings. The van der Waals surface area contributed by atoms with E-state index in [0.29, 0.717) is 5.56 Å². The first-order valence-corrected chi connectivity index (χ1v) is 7.87. The van der Waals surface area contributed by atoms with Crippen molar-refractivity contribution < 1.29 is 12.8 Å². The highest BCUT2D eigenvalue weighted by molar-refractivity contribution is 8.13. The highest BCUT2D eigenvalue weighted by atomic mass is 35.7. The van der Waals surface area contributed by atoms with Crippen LogP contribution in [0.1, 0.15) is 5.56 Å². The maximum Gasteiger partial charge on any atom is 0.232 e. The average molecular weight is 269 g/mol. The van der Waals surface area contributed by atoms with Crippen molar-refractivity contribution in [2.24, 2.45) is 0 Å². The Morgan fingerprint density at radius 3 is 2.67 bits per heavy atom. The molecule has 6 heteroatoms. The molecular weight excluding hydrogens is 259 g/mol. The third-order valence-electron chi connectivity index (χ3n) is 1.86. The topological polar surface area (TPSA) is 34.1 Å². The molecule has 0 spiro atoms. The Kier molecular flexibility index (Phi) is 4.43. The molecule has 0 radical (unpaired) electrons. The molecule has 0 atom stereocenters. The van der Waals surface area contributed by atoms with Crippen LogP contribution in [0.2, 0.25) is 0 Å². The summed E-state index contributed by atoms with van der Waals surface area (Å²) in [6, 6.07) is 4.33. The summed E-state index contributed by atoms with van der Waals surface area (Å²) in [5.74, 6) is -0.541. The Morgan fingerprint density at radius 1 is 1.47 bits per heavy atom. The van der Waals surface area contributed by atoms with Crippen molar-refractivity contribution in [1.29, 1.82) is 0 Å². The summed E-state index contributed by atoms with van der Waals surface area (Å²) in [5, 5.41) is 0. The fourth-order valence-corrected chi connectivity index (χ4v) is 2.50. The smallest absolute Gasteiger partial charge is 0.212 e. The highest BCUT2D eigenvalue weighted by Crippen LogP contribution is 2.22. The van der Waals surface area contributed by atoms with E-state index < -0.39 is 9.05 Å². The molecule has 1 aromatic rings. The molecule has 1 rings (SSSR count). The molecule has 0 aliphatic carbocycles. The molecule has 0 amide bonds. The Morgan fingerprint density at radius 2 is 2.13 bits per heavy atom. The van der Waals surface area contributed by atoms with Gasteiger partial charge in [0.05, 0.1) is 5.75 Å². The van der Waals surface area contributed by atoms with Crippen molar-refractivity contribution >= 4 is 31.5 Å². The van der Waals surface area contributed by atoms with Gasteiger partial charge in [-0.2, -0.15) is 0 Å². The summed E-state index contributed by atoms with van der Waals surface area (Å²) in [6.07, 6.45) is 2.09. The van der Waals surface area contributed by atoms with Gasteiger partial charge >= 0.3 is 0 Å². The van der Waals surface area contributed by atoms with Crippen molar-refractivity contribution in [3.05, 3.63) is 29.6 Å². The Labute approximate surface area is 97.2 Å². The number of halogens is 2. The van der Waals surface area contributed by atoms with E-state index in [4.69, 9.17) is 10.7 Å². The minimum absolute atomic E-state index is 0.175. The van der Waals surface area contributed by atoms with Gasteiger partial charge < -0.3 is 0 Å². The number of thioether (sulfide) groups is 1. The lowest BCUT2D eigenvalue weighted by Crippen LogP contribution is -2.02. The molecule has 0 bridgehead atoms. The summed E-state index contributed by atoms with van der Waals surface area (Å²) >= 11 is 1.45. The number of rotatable bonds is 4. The third-order valence-corrected chi connectivity index (χ3v) is 3.85. The Bertz CT molecular complexity index is 445. The molecule has 0 aliphatic heterocycles. The summed E-state index contributed by atoms with van der Waals surface area (Å²) in [5.41, 5.74) is 0.673. The van der Waals surface area contributed by atoms with Gasteiger partial charge in [0, 0.05) is 15.6 Å². The molecule has 0 N–H and O–H groups in total. The largest absolute Gasteiger partial charge is 0.232 e. The second-order valence-electron chi connectivity index (χ2n) is 2.95. The van der Waals surface area contributed by atoms with Gasteiger partial charge in [0.1, 0.15) is 5.82 Å². The quantitative estimate of drug-likeness (QED) is 0.622. The summed E-state index contributed by atoms with van der Waals surface area (Å²) in [7, 11) is 1.57. The van der Waals surface area contributed by atoms with Gasteiger partial charge in [-0.05, 0) is 36.4 Å². The van der Waals surface area contributed by atoms with E-state index in [1.165, 1.54) is 23.9 Å². The average Bonchev–Trinajstić information content (AvgIpc) is 2.14. The van der Waals surface area contributed by atoms with E-state index in [1.807, 2.05) is 6.26 Å².